The average molecular weight is 517 g/mol. The van der Waals surface area contributed by atoms with Crippen molar-refractivity contribution in [1.29, 1.82) is 0 Å². The third-order valence-electron chi connectivity index (χ3n) is 8.46. The normalized spacial score (nSPS) is 21.7. The second-order valence-corrected chi connectivity index (χ2v) is 11.0. The molecule has 198 valence electrons. The van der Waals surface area contributed by atoms with E-state index in [9.17, 15) is 19.1 Å². The first-order valence-electron chi connectivity index (χ1n) is 13.4. The van der Waals surface area contributed by atoms with Crippen LogP contribution in [-0.4, -0.2) is 50.2 Å². The average Bonchev–Trinajstić information content (AvgIpc) is 2.91. The maximum absolute atomic E-state index is 13.3. The van der Waals surface area contributed by atoms with Gasteiger partial charge in [0.05, 0.1) is 5.69 Å². The summed E-state index contributed by atoms with van der Waals surface area (Å²) in [5.41, 5.74) is 4.56. The highest BCUT2D eigenvalue weighted by atomic mass is 19.1. The van der Waals surface area contributed by atoms with Crippen LogP contribution in [0.3, 0.4) is 0 Å². The van der Waals surface area contributed by atoms with Gasteiger partial charge in [-0.2, -0.15) is 0 Å². The molecule has 2 bridgehead atoms. The highest BCUT2D eigenvalue weighted by Crippen LogP contribution is 2.35. The quantitative estimate of drug-likeness (QED) is 0.564. The van der Waals surface area contributed by atoms with Gasteiger partial charge in [0.2, 0.25) is 5.43 Å². The predicted octanol–water partition coefficient (Wildman–Crippen LogP) is 3.30. The van der Waals surface area contributed by atoms with Crippen molar-refractivity contribution in [2.24, 2.45) is 13.0 Å². The van der Waals surface area contributed by atoms with Gasteiger partial charge in [0, 0.05) is 82.3 Å². The number of nitrogens with zero attached hydrogens (tertiary/aromatic N) is 4. The van der Waals surface area contributed by atoms with E-state index in [-0.39, 0.29) is 22.6 Å². The summed E-state index contributed by atoms with van der Waals surface area (Å²) in [6, 6.07) is 13.7. The van der Waals surface area contributed by atoms with Gasteiger partial charge in [-0.25, -0.2) is 4.39 Å². The second kappa shape index (κ2) is 10.0. The number of rotatable bonds is 5. The molecule has 3 aliphatic heterocycles. The molecule has 2 unspecified atom stereocenters. The van der Waals surface area contributed by atoms with Crippen LogP contribution in [0.1, 0.15) is 41.4 Å². The van der Waals surface area contributed by atoms with E-state index in [1.54, 1.807) is 12.1 Å². The van der Waals surface area contributed by atoms with E-state index >= 15 is 0 Å². The Kier molecular flexibility index (Phi) is 6.53. The van der Waals surface area contributed by atoms with Gasteiger partial charge in [0.1, 0.15) is 5.82 Å². The van der Waals surface area contributed by atoms with E-state index in [1.807, 2.05) is 34.4 Å². The zero-order valence-electron chi connectivity index (χ0n) is 21.6. The van der Waals surface area contributed by atoms with Crippen molar-refractivity contribution in [3.8, 4) is 5.75 Å². The third kappa shape index (κ3) is 4.74. The number of hydrogen-bond donors (Lipinski definition) is 1. The number of aromatic hydroxyl groups is 1. The molecule has 5 heterocycles. The van der Waals surface area contributed by atoms with Crippen LogP contribution in [-0.2, 0) is 26.7 Å². The van der Waals surface area contributed by atoms with Crippen LogP contribution in [0, 0.1) is 11.7 Å². The molecule has 6 rings (SSSR count). The number of benzene rings is 1. The molecule has 0 aliphatic carbocycles. The van der Waals surface area contributed by atoms with Gasteiger partial charge >= 0.3 is 0 Å². The van der Waals surface area contributed by atoms with Gasteiger partial charge in [-0.05, 0) is 48.1 Å². The largest absolute Gasteiger partial charge is 0.503 e. The van der Waals surface area contributed by atoms with Gasteiger partial charge in [-0.15, -0.1) is 0 Å². The lowest BCUT2D eigenvalue weighted by Gasteiger charge is -2.43. The first kappa shape index (κ1) is 24.8. The van der Waals surface area contributed by atoms with Gasteiger partial charge < -0.3 is 14.2 Å². The Morgan fingerprint density at radius 2 is 1.82 bits per heavy atom. The van der Waals surface area contributed by atoms with Crippen molar-refractivity contribution in [3.05, 3.63) is 104 Å². The molecule has 3 aromatic rings. The smallest absolute Gasteiger partial charge is 0.250 e. The molecule has 38 heavy (non-hydrogen) atoms. The SMILES string of the molecule is Cn1c(CN2CC3CC(C2)c2cccc(=O)n2C3)cc(=O)c(O)c1CN1CC=C(c2ccc(F)cc2)CC1. The number of aromatic nitrogens is 2. The van der Waals surface area contributed by atoms with Crippen LogP contribution in [0.15, 0.2) is 64.2 Å². The number of pyridine rings is 2. The highest BCUT2D eigenvalue weighted by Gasteiger charge is 2.34. The van der Waals surface area contributed by atoms with Crippen LogP contribution in [0.5, 0.6) is 5.75 Å². The van der Waals surface area contributed by atoms with E-state index < -0.39 is 0 Å². The fourth-order valence-corrected chi connectivity index (χ4v) is 6.47. The van der Waals surface area contributed by atoms with Gasteiger partial charge in [0.25, 0.3) is 5.56 Å². The van der Waals surface area contributed by atoms with E-state index in [0.717, 1.165) is 56.0 Å². The van der Waals surface area contributed by atoms with E-state index in [4.69, 9.17) is 0 Å². The zero-order chi connectivity index (χ0) is 26.4. The molecule has 0 spiro atoms. The number of hydrogen-bond acceptors (Lipinski definition) is 5. The monoisotopic (exact) mass is 516 g/mol. The fraction of sp³-hybridized carbons (Fsp3) is 0.400. The number of fused-ring (bicyclic) bond motifs is 4. The summed E-state index contributed by atoms with van der Waals surface area (Å²) in [5, 5.41) is 10.7. The van der Waals surface area contributed by atoms with Crippen LogP contribution in [0.2, 0.25) is 0 Å². The molecule has 1 fully saturated rings. The molecule has 7 nitrogen and oxygen atoms in total. The Labute approximate surface area is 221 Å². The molecule has 8 heteroatoms. The van der Waals surface area contributed by atoms with Crippen molar-refractivity contribution < 1.29 is 9.50 Å². The van der Waals surface area contributed by atoms with Gasteiger partial charge in [-0.3, -0.25) is 19.4 Å². The summed E-state index contributed by atoms with van der Waals surface area (Å²) >= 11 is 0. The number of likely N-dealkylation sites (tertiary alicyclic amines) is 1. The lowest BCUT2D eigenvalue weighted by Crippen LogP contribution is -2.47. The van der Waals surface area contributed by atoms with Gasteiger partial charge in [0.15, 0.2) is 5.75 Å². The number of halogens is 1. The molecule has 2 aromatic heterocycles. The Hall–Kier alpha value is -3.49. The van der Waals surface area contributed by atoms with Crippen molar-refractivity contribution in [2.45, 2.75) is 38.4 Å². The molecule has 1 aromatic carbocycles. The summed E-state index contributed by atoms with van der Waals surface area (Å²) < 4.78 is 17.2. The van der Waals surface area contributed by atoms with Crippen molar-refractivity contribution in [3.63, 3.8) is 0 Å². The minimum Gasteiger partial charge on any atom is -0.503 e. The van der Waals surface area contributed by atoms with E-state index in [1.165, 1.54) is 17.7 Å². The fourth-order valence-electron chi connectivity index (χ4n) is 6.47. The van der Waals surface area contributed by atoms with Crippen molar-refractivity contribution in [1.82, 2.24) is 18.9 Å². The summed E-state index contributed by atoms with van der Waals surface area (Å²) in [7, 11) is 1.92. The summed E-state index contributed by atoms with van der Waals surface area (Å²) in [4.78, 5) is 29.7. The third-order valence-corrected chi connectivity index (χ3v) is 8.46. The standard InChI is InChI=1S/C30H33FN4O3/c1-32-25(18-34-15-20-13-23(17-34)26-3-2-4-29(37)35(26)16-20)14-28(36)30(38)27(32)19-33-11-9-22(10-12-33)21-5-7-24(31)8-6-21/h2-9,14,20,23,38H,10-13,15-19H2,1H3. The molecule has 1 saturated heterocycles. The first-order chi connectivity index (χ1) is 18.4. The molecule has 0 amide bonds. The number of piperidine rings is 1. The van der Waals surface area contributed by atoms with Gasteiger partial charge in [-0.1, -0.05) is 24.3 Å². The maximum atomic E-state index is 13.3. The molecular formula is C30H33FN4O3. The van der Waals surface area contributed by atoms with E-state index in [2.05, 4.69) is 21.9 Å². The summed E-state index contributed by atoms with van der Waals surface area (Å²) in [6.45, 7) is 5.04. The maximum Gasteiger partial charge on any atom is 0.250 e. The predicted molar refractivity (Wildman–Crippen MR) is 144 cm³/mol. The summed E-state index contributed by atoms with van der Waals surface area (Å²) in [6.07, 6.45) is 4.05. The van der Waals surface area contributed by atoms with Crippen molar-refractivity contribution >= 4 is 5.57 Å². The molecular weight excluding hydrogens is 483 g/mol. The van der Waals surface area contributed by atoms with Crippen LogP contribution >= 0.6 is 0 Å². The lowest BCUT2D eigenvalue weighted by molar-refractivity contribution is 0.112. The Balaban J connectivity index is 1.18. The lowest BCUT2D eigenvalue weighted by atomic mass is 9.83. The minimum atomic E-state index is -0.346. The molecule has 1 N–H and O–H groups in total. The molecule has 0 radical (unpaired) electrons. The zero-order valence-corrected chi connectivity index (χ0v) is 21.6. The van der Waals surface area contributed by atoms with Crippen molar-refractivity contribution in [2.75, 3.05) is 26.2 Å². The molecule has 3 aliphatic rings. The minimum absolute atomic E-state index is 0.0774. The topological polar surface area (TPSA) is 70.7 Å². The van der Waals surface area contributed by atoms with Crippen LogP contribution < -0.4 is 11.0 Å². The molecule has 2 atom stereocenters. The molecule has 0 saturated carbocycles. The Morgan fingerprint density at radius 1 is 1.00 bits per heavy atom. The van der Waals surface area contributed by atoms with Crippen LogP contribution in [0.4, 0.5) is 4.39 Å². The highest BCUT2D eigenvalue weighted by molar-refractivity contribution is 5.66. The first-order valence-corrected chi connectivity index (χ1v) is 13.4. The summed E-state index contributed by atoms with van der Waals surface area (Å²) in [5.74, 6) is 0.287. The van der Waals surface area contributed by atoms with E-state index in [0.29, 0.717) is 37.2 Å². The second-order valence-electron chi connectivity index (χ2n) is 11.0. The Bertz CT molecular complexity index is 1510. The van der Waals surface area contributed by atoms with Crippen LogP contribution in [0.25, 0.3) is 5.57 Å². The Morgan fingerprint density at radius 3 is 2.58 bits per heavy atom.